The van der Waals surface area contributed by atoms with Crippen molar-refractivity contribution in [3.05, 3.63) is 17.2 Å². The van der Waals surface area contributed by atoms with Crippen molar-refractivity contribution in [1.82, 2.24) is 9.55 Å². The fraction of sp³-hybridized carbons (Fsp3) is 0.500. The van der Waals surface area contributed by atoms with Gasteiger partial charge in [0.05, 0.1) is 24.5 Å². The van der Waals surface area contributed by atoms with Crippen LogP contribution in [0, 0.1) is 0 Å². The van der Waals surface area contributed by atoms with E-state index in [0.29, 0.717) is 12.2 Å². The van der Waals surface area contributed by atoms with E-state index in [1.165, 1.54) is 0 Å². The maximum absolute atomic E-state index is 10.5. The van der Waals surface area contributed by atoms with Crippen molar-refractivity contribution in [2.75, 3.05) is 0 Å². The highest BCUT2D eigenvalue weighted by Gasteiger charge is 2.18. The Hall–Kier alpha value is -1.07. The van der Waals surface area contributed by atoms with E-state index in [-0.39, 0.29) is 11.6 Å². The molecule has 0 saturated carbocycles. The number of imidazole rings is 1. The first-order valence-corrected chi connectivity index (χ1v) is 4.62. The molecule has 1 unspecified atom stereocenters. The number of carboxylic acids is 1. The third-order valence-electron chi connectivity index (χ3n) is 1.92. The summed E-state index contributed by atoms with van der Waals surface area (Å²) in [4.78, 5) is 14.3. The van der Waals surface area contributed by atoms with Gasteiger partial charge in [0, 0.05) is 6.54 Å². The molecule has 0 fully saturated rings. The number of carboxylic acid groups (broad SMARTS) is 1. The zero-order valence-electron chi connectivity index (χ0n) is 7.77. The van der Waals surface area contributed by atoms with Crippen molar-refractivity contribution in [2.24, 2.45) is 5.73 Å². The van der Waals surface area contributed by atoms with E-state index in [0.717, 1.165) is 0 Å². The molecule has 0 amide bonds. The summed E-state index contributed by atoms with van der Waals surface area (Å²) < 4.78 is 1.75. The molecule has 0 aliphatic rings. The van der Waals surface area contributed by atoms with Gasteiger partial charge in [0.2, 0.25) is 0 Å². The van der Waals surface area contributed by atoms with Gasteiger partial charge in [-0.2, -0.15) is 0 Å². The van der Waals surface area contributed by atoms with Crippen LogP contribution in [-0.4, -0.2) is 20.6 Å². The van der Waals surface area contributed by atoms with Crippen LogP contribution in [0.4, 0.5) is 0 Å². The van der Waals surface area contributed by atoms with Crippen molar-refractivity contribution in [3.63, 3.8) is 0 Å². The molecule has 1 heterocycles. The maximum atomic E-state index is 10.5. The SMILES string of the molecule is CCn1cnc(Cl)c1C(N)CC(=O)O. The van der Waals surface area contributed by atoms with Crippen LogP contribution in [0.3, 0.4) is 0 Å². The zero-order chi connectivity index (χ0) is 10.7. The van der Waals surface area contributed by atoms with Crippen LogP contribution in [0.5, 0.6) is 0 Å². The number of aliphatic carboxylic acids is 1. The summed E-state index contributed by atoms with van der Waals surface area (Å²) in [6, 6.07) is -0.609. The number of hydrogen-bond donors (Lipinski definition) is 2. The highest BCUT2D eigenvalue weighted by molar-refractivity contribution is 6.30. The number of halogens is 1. The van der Waals surface area contributed by atoms with Crippen LogP contribution in [-0.2, 0) is 11.3 Å². The fourth-order valence-electron chi connectivity index (χ4n) is 1.27. The van der Waals surface area contributed by atoms with E-state index in [4.69, 9.17) is 22.4 Å². The van der Waals surface area contributed by atoms with Crippen LogP contribution in [0.1, 0.15) is 25.1 Å². The van der Waals surface area contributed by atoms with E-state index in [9.17, 15) is 4.79 Å². The molecule has 3 N–H and O–H groups in total. The summed E-state index contributed by atoms with van der Waals surface area (Å²) in [7, 11) is 0. The molecule has 0 aliphatic carbocycles. The van der Waals surface area contributed by atoms with Crippen molar-refractivity contribution in [3.8, 4) is 0 Å². The van der Waals surface area contributed by atoms with Crippen LogP contribution < -0.4 is 5.73 Å². The number of carbonyl (C=O) groups is 1. The van der Waals surface area contributed by atoms with Gasteiger partial charge in [0.1, 0.15) is 0 Å². The Morgan fingerprint density at radius 3 is 3.00 bits per heavy atom. The molecule has 5 nitrogen and oxygen atoms in total. The molecule has 14 heavy (non-hydrogen) atoms. The molecular weight excluding hydrogens is 206 g/mol. The Labute approximate surface area is 86.5 Å². The van der Waals surface area contributed by atoms with E-state index in [1.54, 1.807) is 10.9 Å². The molecule has 1 aromatic heterocycles. The second-order valence-corrected chi connectivity index (χ2v) is 3.27. The van der Waals surface area contributed by atoms with Crippen LogP contribution in [0.15, 0.2) is 6.33 Å². The number of aromatic nitrogens is 2. The lowest BCUT2D eigenvalue weighted by atomic mass is 10.1. The van der Waals surface area contributed by atoms with Crippen molar-refractivity contribution in [1.29, 1.82) is 0 Å². The topological polar surface area (TPSA) is 81.1 Å². The third-order valence-corrected chi connectivity index (χ3v) is 2.21. The molecule has 0 spiro atoms. The van der Waals surface area contributed by atoms with Crippen LogP contribution in [0.2, 0.25) is 5.15 Å². The van der Waals surface area contributed by atoms with Crippen molar-refractivity contribution >= 4 is 17.6 Å². The normalized spacial score (nSPS) is 12.8. The van der Waals surface area contributed by atoms with E-state index >= 15 is 0 Å². The number of aryl methyl sites for hydroxylation is 1. The monoisotopic (exact) mass is 217 g/mol. The van der Waals surface area contributed by atoms with Gasteiger partial charge in [0.15, 0.2) is 5.15 Å². The summed E-state index contributed by atoms with van der Waals surface area (Å²) in [5.41, 5.74) is 6.27. The summed E-state index contributed by atoms with van der Waals surface area (Å²) >= 11 is 5.80. The molecule has 6 heteroatoms. The molecule has 1 aromatic rings. The molecular formula is C8H12ClN3O2. The molecule has 78 valence electrons. The Bertz CT molecular complexity index is 337. The number of nitrogens with zero attached hydrogens (tertiary/aromatic N) is 2. The summed E-state index contributed by atoms with van der Waals surface area (Å²) in [6.45, 7) is 2.58. The lowest BCUT2D eigenvalue weighted by Crippen LogP contribution is -2.18. The molecule has 0 bridgehead atoms. The minimum absolute atomic E-state index is 0.147. The number of nitrogens with two attached hydrogens (primary N) is 1. The zero-order valence-corrected chi connectivity index (χ0v) is 8.53. The van der Waals surface area contributed by atoms with Gasteiger partial charge < -0.3 is 15.4 Å². The van der Waals surface area contributed by atoms with Gasteiger partial charge in [-0.1, -0.05) is 11.6 Å². The van der Waals surface area contributed by atoms with Gasteiger partial charge in [0.25, 0.3) is 0 Å². The molecule has 0 aliphatic heterocycles. The Kier molecular flexibility index (Phi) is 3.49. The average Bonchev–Trinajstić information content (AvgIpc) is 2.45. The van der Waals surface area contributed by atoms with Crippen LogP contribution >= 0.6 is 11.6 Å². The second kappa shape index (κ2) is 4.43. The molecule has 0 saturated heterocycles. The summed E-state index contributed by atoms with van der Waals surface area (Å²) in [6.07, 6.45) is 1.41. The predicted molar refractivity (Wildman–Crippen MR) is 52.1 cm³/mol. The minimum Gasteiger partial charge on any atom is -0.481 e. The lowest BCUT2D eigenvalue weighted by Gasteiger charge is -2.11. The second-order valence-electron chi connectivity index (χ2n) is 2.91. The third kappa shape index (κ3) is 2.24. The molecule has 0 aromatic carbocycles. The first-order chi connectivity index (χ1) is 6.56. The highest BCUT2D eigenvalue weighted by atomic mass is 35.5. The van der Waals surface area contributed by atoms with Gasteiger partial charge in [-0.3, -0.25) is 4.79 Å². The predicted octanol–water partition coefficient (Wildman–Crippen LogP) is 1.03. The minimum atomic E-state index is -0.947. The Morgan fingerprint density at radius 1 is 1.86 bits per heavy atom. The lowest BCUT2D eigenvalue weighted by molar-refractivity contribution is -0.137. The first-order valence-electron chi connectivity index (χ1n) is 4.24. The van der Waals surface area contributed by atoms with Gasteiger partial charge in [-0.05, 0) is 6.92 Å². The quantitative estimate of drug-likeness (QED) is 0.790. The van der Waals surface area contributed by atoms with Crippen LogP contribution in [0.25, 0.3) is 0 Å². The van der Waals surface area contributed by atoms with Crippen molar-refractivity contribution in [2.45, 2.75) is 25.9 Å². The maximum Gasteiger partial charge on any atom is 0.305 e. The summed E-state index contributed by atoms with van der Waals surface area (Å²) in [5, 5.41) is 8.86. The Morgan fingerprint density at radius 2 is 2.50 bits per heavy atom. The molecule has 1 rings (SSSR count). The van der Waals surface area contributed by atoms with E-state index in [2.05, 4.69) is 4.98 Å². The van der Waals surface area contributed by atoms with Crippen molar-refractivity contribution < 1.29 is 9.90 Å². The standard InChI is InChI=1S/C8H12ClN3O2/c1-2-12-4-11-8(9)7(12)5(10)3-6(13)14/h4-5H,2-3,10H2,1H3,(H,13,14). The first kappa shape index (κ1) is 11.0. The van der Waals surface area contributed by atoms with E-state index < -0.39 is 12.0 Å². The summed E-state index contributed by atoms with van der Waals surface area (Å²) in [5.74, 6) is -0.947. The number of hydrogen-bond acceptors (Lipinski definition) is 3. The van der Waals surface area contributed by atoms with E-state index in [1.807, 2.05) is 6.92 Å². The smallest absolute Gasteiger partial charge is 0.305 e. The van der Waals surface area contributed by atoms with Gasteiger partial charge in [-0.25, -0.2) is 4.98 Å². The average molecular weight is 218 g/mol. The number of rotatable bonds is 4. The molecule has 0 radical (unpaired) electrons. The fourth-order valence-corrected chi connectivity index (χ4v) is 1.56. The van der Waals surface area contributed by atoms with Gasteiger partial charge in [-0.15, -0.1) is 0 Å². The van der Waals surface area contributed by atoms with Gasteiger partial charge >= 0.3 is 5.97 Å². The largest absolute Gasteiger partial charge is 0.481 e. The highest BCUT2D eigenvalue weighted by Crippen LogP contribution is 2.22. The molecule has 1 atom stereocenters. The Balaban J connectivity index is 2.92.